The van der Waals surface area contributed by atoms with Crippen molar-refractivity contribution in [3.63, 3.8) is 0 Å². The fraction of sp³-hybridized carbons (Fsp3) is 0.344. The van der Waals surface area contributed by atoms with Crippen LogP contribution in [0.1, 0.15) is 37.5 Å². The standard InChI is InChI=1S/C32H34O6S3/c1-21(33)39-28-27(38-31(36-4)30(41-23(3)35)29(28)40-22(2)34)20-37-32(24-14-8-5-9-15-24,25-16-10-6-11-17-25)26-18-12-7-13-19-26/h5-19,27-31H,20H2,1-4H3/t27-,28-,29-,30+,31+/m1/s1. The Bertz CT molecular complexity index is 1210. The van der Waals surface area contributed by atoms with Gasteiger partial charge in [-0.3, -0.25) is 14.4 Å². The first kappa shape index (κ1) is 31.5. The topological polar surface area (TPSA) is 78.9 Å². The highest BCUT2D eigenvalue weighted by molar-refractivity contribution is 8.19. The summed E-state index contributed by atoms with van der Waals surface area (Å²) in [7, 11) is 1.52. The lowest BCUT2D eigenvalue weighted by Gasteiger charge is -2.46. The third-order valence-corrected chi connectivity index (χ3v) is 10.6. The van der Waals surface area contributed by atoms with E-state index in [1.165, 1.54) is 27.9 Å². The zero-order chi connectivity index (χ0) is 29.4. The summed E-state index contributed by atoms with van der Waals surface area (Å²) < 4.78 is 19.2. The number of carbonyl (C=O) groups excluding carboxylic acids is 3. The molecule has 1 fully saturated rings. The van der Waals surface area contributed by atoms with Gasteiger partial charge in [-0.1, -0.05) is 126 Å². The molecule has 0 aromatic heterocycles. The second kappa shape index (κ2) is 14.7. The molecule has 3 aromatic carbocycles. The molecule has 0 N–H and O–H groups in total. The van der Waals surface area contributed by atoms with Gasteiger partial charge in [-0.25, -0.2) is 0 Å². The van der Waals surface area contributed by atoms with Crippen LogP contribution in [0.3, 0.4) is 0 Å². The van der Waals surface area contributed by atoms with Gasteiger partial charge < -0.3 is 14.2 Å². The smallest absolute Gasteiger partial charge is 0.186 e. The van der Waals surface area contributed by atoms with E-state index in [1.807, 2.05) is 91.0 Å². The average Bonchev–Trinajstić information content (AvgIpc) is 2.97. The summed E-state index contributed by atoms with van der Waals surface area (Å²) in [6.45, 7) is 4.55. The first-order valence-electron chi connectivity index (χ1n) is 13.3. The molecule has 1 aliphatic rings. The molecule has 0 spiro atoms. The molecular weight excluding hydrogens is 577 g/mol. The van der Waals surface area contributed by atoms with Gasteiger partial charge in [-0.15, -0.1) is 0 Å². The van der Waals surface area contributed by atoms with E-state index in [1.54, 1.807) is 0 Å². The van der Waals surface area contributed by atoms with Crippen LogP contribution in [0, 0.1) is 0 Å². The van der Waals surface area contributed by atoms with Crippen molar-refractivity contribution in [1.29, 1.82) is 0 Å². The van der Waals surface area contributed by atoms with Gasteiger partial charge in [0.05, 0.1) is 23.2 Å². The van der Waals surface area contributed by atoms with Crippen molar-refractivity contribution >= 4 is 50.6 Å². The van der Waals surface area contributed by atoms with Crippen molar-refractivity contribution in [2.45, 2.75) is 54.5 Å². The highest BCUT2D eigenvalue weighted by Crippen LogP contribution is 2.45. The average molecular weight is 611 g/mol. The van der Waals surface area contributed by atoms with Gasteiger partial charge in [0, 0.05) is 33.1 Å². The van der Waals surface area contributed by atoms with Gasteiger partial charge in [0.15, 0.2) is 21.6 Å². The Kier molecular flexibility index (Phi) is 11.3. The molecule has 5 atom stereocenters. The minimum Gasteiger partial charge on any atom is -0.358 e. The van der Waals surface area contributed by atoms with Gasteiger partial charge in [-0.05, 0) is 16.7 Å². The minimum atomic E-state index is -0.991. The van der Waals surface area contributed by atoms with Gasteiger partial charge >= 0.3 is 0 Å². The molecule has 3 aromatic rings. The van der Waals surface area contributed by atoms with Crippen LogP contribution in [0.4, 0.5) is 0 Å². The second-order valence-corrected chi connectivity index (χ2v) is 13.7. The van der Waals surface area contributed by atoms with Crippen molar-refractivity contribution in [3.05, 3.63) is 108 Å². The zero-order valence-electron chi connectivity index (χ0n) is 23.4. The third kappa shape index (κ3) is 7.52. The Hall–Kier alpha value is -2.40. The number of ether oxygens (including phenoxy) is 3. The number of hydrogen-bond acceptors (Lipinski definition) is 9. The largest absolute Gasteiger partial charge is 0.358 e. The molecule has 1 heterocycles. The van der Waals surface area contributed by atoms with E-state index in [-0.39, 0.29) is 22.0 Å². The van der Waals surface area contributed by atoms with Gasteiger partial charge in [0.1, 0.15) is 5.60 Å². The van der Waals surface area contributed by atoms with E-state index in [4.69, 9.17) is 14.2 Å². The molecule has 216 valence electrons. The molecular formula is C32H34O6S3. The van der Waals surface area contributed by atoms with Crippen molar-refractivity contribution in [3.8, 4) is 0 Å². The molecule has 1 aliphatic heterocycles. The van der Waals surface area contributed by atoms with E-state index in [2.05, 4.69) is 0 Å². The van der Waals surface area contributed by atoms with Gasteiger partial charge in [-0.2, -0.15) is 0 Å². The molecule has 6 nitrogen and oxygen atoms in total. The first-order valence-corrected chi connectivity index (χ1v) is 15.9. The third-order valence-electron chi connectivity index (χ3n) is 6.73. The Balaban J connectivity index is 1.80. The summed E-state index contributed by atoms with van der Waals surface area (Å²) >= 11 is 3.32. The molecule has 4 rings (SSSR count). The van der Waals surface area contributed by atoms with E-state index >= 15 is 0 Å². The highest BCUT2D eigenvalue weighted by atomic mass is 32.2. The van der Waals surface area contributed by atoms with E-state index in [9.17, 15) is 14.4 Å². The summed E-state index contributed by atoms with van der Waals surface area (Å²) in [4.78, 5) is 37.1. The van der Waals surface area contributed by atoms with Crippen LogP contribution in [-0.2, 0) is 34.2 Å². The summed E-state index contributed by atoms with van der Waals surface area (Å²) in [5.41, 5.74) is 1.82. The highest BCUT2D eigenvalue weighted by Gasteiger charge is 2.50. The molecule has 0 saturated carbocycles. The van der Waals surface area contributed by atoms with Crippen LogP contribution < -0.4 is 0 Å². The zero-order valence-corrected chi connectivity index (χ0v) is 25.9. The number of hydrogen-bond donors (Lipinski definition) is 0. The van der Waals surface area contributed by atoms with Crippen molar-refractivity contribution in [1.82, 2.24) is 0 Å². The quantitative estimate of drug-likeness (QED) is 0.245. The summed E-state index contributed by atoms with van der Waals surface area (Å²) in [6.07, 6.45) is -1.40. The van der Waals surface area contributed by atoms with Gasteiger partial charge in [0.2, 0.25) is 0 Å². The second-order valence-electron chi connectivity index (χ2n) is 9.59. The maximum atomic E-state index is 12.5. The van der Waals surface area contributed by atoms with Crippen molar-refractivity contribution in [2.75, 3.05) is 13.7 Å². The number of carbonyl (C=O) groups is 3. The van der Waals surface area contributed by atoms with Crippen LogP contribution in [0.15, 0.2) is 91.0 Å². The molecule has 0 unspecified atom stereocenters. The molecule has 9 heteroatoms. The number of benzene rings is 3. The monoisotopic (exact) mass is 610 g/mol. The molecule has 0 aliphatic carbocycles. The Morgan fingerprint density at radius 1 is 0.659 bits per heavy atom. The lowest BCUT2D eigenvalue weighted by molar-refractivity contribution is -0.191. The SMILES string of the molecule is CO[C@H]1O[C@H](COC(c2ccccc2)(c2ccccc2)c2ccccc2)[C@@H](SC(C)=O)[C@@H](SC(C)=O)[C@@H]1SC(C)=O. The lowest BCUT2D eigenvalue weighted by Crippen LogP contribution is -2.57. The molecule has 0 amide bonds. The Labute approximate surface area is 254 Å². The van der Waals surface area contributed by atoms with E-state index < -0.39 is 33.7 Å². The van der Waals surface area contributed by atoms with Crippen LogP contribution >= 0.6 is 35.3 Å². The van der Waals surface area contributed by atoms with Crippen LogP contribution in [0.25, 0.3) is 0 Å². The van der Waals surface area contributed by atoms with Crippen LogP contribution in [0.5, 0.6) is 0 Å². The normalized spacial score (nSPS) is 22.7. The fourth-order valence-electron chi connectivity index (χ4n) is 5.15. The molecule has 0 radical (unpaired) electrons. The van der Waals surface area contributed by atoms with E-state index in [0.29, 0.717) is 0 Å². The van der Waals surface area contributed by atoms with Crippen LogP contribution in [0.2, 0.25) is 0 Å². The fourth-order valence-corrected chi connectivity index (χ4v) is 8.83. The first-order chi connectivity index (χ1) is 19.8. The minimum absolute atomic E-state index is 0.0932. The Morgan fingerprint density at radius 3 is 1.44 bits per heavy atom. The van der Waals surface area contributed by atoms with Gasteiger partial charge in [0.25, 0.3) is 0 Å². The summed E-state index contributed by atoms with van der Waals surface area (Å²) in [6, 6.07) is 30.0. The predicted molar refractivity (Wildman–Crippen MR) is 167 cm³/mol. The van der Waals surface area contributed by atoms with Crippen molar-refractivity contribution in [2.24, 2.45) is 0 Å². The lowest BCUT2D eigenvalue weighted by atomic mass is 9.80. The summed E-state index contributed by atoms with van der Waals surface area (Å²) in [5, 5.41) is -1.72. The molecule has 41 heavy (non-hydrogen) atoms. The molecule has 0 bridgehead atoms. The molecule has 1 saturated heterocycles. The number of rotatable bonds is 10. The maximum Gasteiger partial charge on any atom is 0.186 e. The maximum absolute atomic E-state index is 12.5. The number of methoxy groups -OCH3 is 1. The summed E-state index contributed by atoms with van der Waals surface area (Å²) in [5.74, 6) is 0. The predicted octanol–water partition coefficient (Wildman–Crippen LogP) is 6.31. The Morgan fingerprint density at radius 2 is 1.05 bits per heavy atom. The number of thioether (sulfide) groups is 3. The van der Waals surface area contributed by atoms with Crippen molar-refractivity contribution < 1.29 is 28.6 Å². The van der Waals surface area contributed by atoms with E-state index in [0.717, 1.165) is 52.0 Å². The van der Waals surface area contributed by atoms with Crippen LogP contribution in [-0.4, -0.2) is 57.2 Å².